The van der Waals surface area contributed by atoms with E-state index in [9.17, 15) is 20.4 Å². The Morgan fingerprint density at radius 2 is 1.21 bits per heavy atom. The highest BCUT2D eigenvalue weighted by Crippen LogP contribution is 2.48. The Bertz CT molecular complexity index is 1950. The van der Waals surface area contributed by atoms with E-state index in [1.807, 2.05) is 25.2 Å². The number of nitrogens with zero attached hydrogens (tertiary/aromatic N) is 4. The molecular weight excluding hydrogens is 771 g/mol. The highest BCUT2D eigenvalue weighted by atomic mass is 79.9. The molecule has 4 aromatic rings. The van der Waals surface area contributed by atoms with Crippen LogP contribution in [0.4, 0.5) is 0 Å². The number of phenols is 4. The molecule has 6 rings (SSSR count). The van der Waals surface area contributed by atoms with Gasteiger partial charge in [0.25, 0.3) is 0 Å². The van der Waals surface area contributed by atoms with Gasteiger partial charge < -0.3 is 30.5 Å². The van der Waals surface area contributed by atoms with E-state index in [1.165, 1.54) is 34.9 Å². The average molecular weight is 834 g/mol. The van der Waals surface area contributed by atoms with Gasteiger partial charge in [0.2, 0.25) is 0 Å². The number of halogens is 1. The van der Waals surface area contributed by atoms with Crippen LogP contribution in [0, 0.1) is 0 Å². The number of aromatic hydroxyl groups is 4. The number of phenolic OH excluding ortho intramolecular Hbond substituents is 4. The third-order valence-corrected chi connectivity index (χ3v) is 11.8. The Morgan fingerprint density at radius 1 is 0.714 bits per heavy atom. The second-order valence-corrected chi connectivity index (χ2v) is 16.1. The van der Waals surface area contributed by atoms with Crippen LogP contribution in [0.25, 0.3) is 11.3 Å². The predicted octanol–water partition coefficient (Wildman–Crippen LogP) is 9.35. The van der Waals surface area contributed by atoms with Gasteiger partial charge in [-0.2, -0.15) is 10.2 Å². The van der Waals surface area contributed by atoms with Crippen molar-refractivity contribution in [3.8, 4) is 34.3 Å². The van der Waals surface area contributed by atoms with E-state index in [0.717, 1.165) is 104 Å². The third-order valence-electron chi connectivity index (χ3n) is 10.9. The van der Waals surface area contributed by atoms with Crippen molar-refractivity contribution in [3.63, 3.8) is 0 Å². The molecule has 0 bridgehead atoms. The molecule has 2 aromatic heterocycles. The molecule has 2 heterocycles. The van der Waals surface area contributed by atoms with Crippen molar-refractivity contribution in [1.29, 1.82) is 0 Å². The normalized spacial score (nSPS) is 16.6. The molecule has 2 aliphatic carbocycles. The Morgan fingerprint density at radius 3 is 1.66 bits per heavy atom. The van der Waals surface area contributed by atoms with Crippen molar-refractivity contribution >= 4 is 28.6 Å². The fourth-order valence-electron chi connectivity index (χ4n) is 7.88. The van der Waals surface area contributed by atoms with E-state index < -0.39 is 7.12 Å². The van der Waals surface area contributed by atoms with E-state index in [2.05, 4.69) is 66.0 Å². The summed E-state index contributed by atoms with van der Waals surface area (Å²) in [6, 6.07) is 7.17. The van der Waals surface area contributed by atoms with Gasteiger partial charge in [0.05, 0.1) is 15.8 Å². The highest BCUT2D eigenvalue weighted by Gasteiger charge is 2.27. The molecule has 6 N–H and O–H groups in total. The standard InChI is InChI=1S/C22H30N2O2.C18H25BrO2.C4H7BN2O2/c1-4-5-6-9-17-14-19(25)21(16-10-7-8-15(2)13-16)22(26)20(17)18-11-12-23-24(18)3;1-3-4-5-8-14-11-15(20)16(18(21)17(14)19)13-9-6-7-12(2)10-13;1-7-4(5(8)9)2-3-6-7/h11-14,16,25-26H,4-10H2,1-3H3;10-11,13,20-21H,3-9H2,1-2H3;2-3,8-9H,1H3. The molecule has 2 atom stereocenters. The lowest BCUT2D eigenvalue weighted by Gasteiger charge is -2.24. The lowest BCUT2D eigenvalue weighted by Crippen LogP contribution is -2.35. The second-order valence-electron chi connectivity index (χ2n) is 15.4. The SMILES string of the molecule is CCCCCc1cc(O)c(C2C=C(C)CCC2)c(O)c1-c1ccnn1C.CCCCCc1cc(O)c(C2C=C(C)CCC2)c(O)c1Br.Cn1nccc1B(O)O. The van der Waals surface area contributed by atoms with E-state index in [4.69, 9.17) is 10.0 Å². The molecule has 12 heteroatoms. The summed E-state index contributed by atoms with van der Waals surface area (Å²) in [5, 5.41) is 68.0. The summed E-state index contributed by atoms with van der Waals surface area (Å²) in [5.74, 6) is 1.09. The van der Waals surface area contributed by atoms with E-state index >= 15 is 0 Å². The van der Waals surface area contributed by atoms with Gasteiger partial charge >= 0.3 is 7.12 Å². The van der Waals surface area contributed by atoms with Gasteiger partial charge in [-0.1, -0.05) is 62.8 Å². The van der Waals surface area contributed by atoms with Crippen LogP contribution in [-0.2, 0) is 26.9 Å². The molecule has 2 unspecified atom stereocenters. The first-order valence-electron chi connectivity index (χ1n) is 20.3. The molecule has 304 valence electrons. The Balaban J connectivity index is 0.000000207. The number of aromatic nitrogens is 4. The largest absolute Gasteiger partial charge is 0.507 e. The molecule has 2 aliphatic rings. The zero-order valence-corrected chi connectivity index (χ0v) is 35.7. The first kappa shape index (κ1) is 44.7. The fourth-order valence-corrected chi connectivity index (χ4v) is 8.41. The number of allylic oxidation sites excluding steroid dienone is 4. The molecule has 56 heavy (non-hydrogen) atoms. The summed E-state index contributed by atoms with van der Waals surface area (Å²) in [6.07, 6.45) is 22.5. The summed E-state index contributed by atoms with van der Waals surface area (Å²) in [5.41, 5.74) is 8.13. The van der Waals surface area contributed by atoms with Gasteiger partial charge in [0.1, 0.15) is 23.0 Å². The Kier molecular flexibility index (Phi) is 17.2. The minimum Gasteiger partial charge on any atom is -0.507 e. The first-order chi connectivity index (χ1) is 26.8. The molecule has 0 fully saturated rings. The number of aryl methyl sites for hydroxylation is 4. The fraction of sp³-hybridized carbons (Fsp3) is 0.500. The van der Waals surface area contributed by atoms with Crippen molar-refractivity contribution < 1.29 is 30.5 Å². The molecule has 0 spiro atoms. The van der Waals surface area contributed by atoms with Gasteiger partial charge in [-0.3, -0.25) is 9.36 Å². The summed E-state index contributed by atoms with van der Waals surface area (Å²) >= 11 is 3.52. The van der Waals surface area contributed by atoms with Crippen molar-refractivity contribution in [2.24, 2.45) is 14.1 Å². The summed E-state index contributed by atoms with van der Waals surface area (Å²) < 4.78 is 3.95. The van der Waals surface area contributed by atoms with Gasteiger partial charge in [-0.25, -0.2) is 0 Å². The van der Waals surface area contributed by atoms with Crippen LogP contribution in [0.1, 0.15) is 139 Å². The smallest absolute Gasteiger partial charge is 0.507 e. The maximum Gasteiger partial charge on any atom is 0.507 e. The zero-order chi connectivity index (χ0) is 40.9. The van der Waals surface area contributed by atoms with Crippen LogP contribution in [0.2, 0.25) is 0 Å². The minimum absolute atomic E-state index is 0.0698. The molecule has 2 aromatic carbocycles. The van der Waals surface area contributed by atoms with Gasteiger partial charge in [0, 0.05) is 55.0 Å². The second kappa shape index (κ2) is 21.5. The van der Waals surface area contributed by atoms with Gasteiger partial charge in [-0.05, 0) is 129 Å². The van der Waals surface area contributed by atoms with Crippen LogP contribution in [0.5, 0.6) is 23.0 Å². The first-order valence-corrected chi connectivity index (χ1v) is 21.1. The number of hydrogen-bond acceptors (Lipinski definition) is 8. The molecule has 0 saturated heterocycles. The number of unbranched alkanes of at least 4 members (excludes halogenated alkanes) is 4. The maximum atomic E-state index is 11.2. The van der Waals surface area contributed by atoms with Crippen molar-refractivity contribution in [2.75, 3.05) is 0 Å². The summed E-state index contributed by atoms with van der Waals surface area (Å²) in [4.78, 5) is 0. The van der Waals surface area contributed by atoms with Gasteiger partial charge in [0.15, 0.2) is 0 Å². The lowest BCUT2D eigenvalue weighted by atomic mass is 9.82. The summed E-state index contributed by atoms with van der Waals surface area (Å²) in [6.45, 7) is 8.60. The maximum absolute atomic E-state index is 11.2. The molecule has 0 aliphatic heterocycles. The monoisotopic (exact) mass is 832 g/mol. The lowest BCUT2D eigenvalue weighted by molar-refractivity contribution is 0.421. The third kappa shape index (κ3) is 11.5. The van der Waals surface area contributed by atoms with E-state index in [1.54, 1.807) is 24.0 Å². The quantitative estimate of drug-likeness (QED) is 0.0469. The topological polar surface area (TPSA) is 157 Å². The zero-order valence-electron chi connectivity index (χ0n) is 34.1. The van der Waals surface area contributed by atoms with E-state index in [0.29, 0.717) is 16.7 Å². The predicted molar refractivity (Wildman–Crippen MR) is 230 cm³/mol. The molecule has 0 amide bonds. The number of hydrogen-bond donors (Lipinski definition) is 6. The van der Waals surface area contributed by atoms with Crippen LogP contribution < -0.4 is 5.59 Å². The Labute approximate surface area is 341 Å². The van der Waals surface area contributed by atoms with Crippen LogP contribution in [0.3, 0.4) is 0 Å². The van der Waals surface area contributed by atoms with Gasteiger partial charge in [-0.15, -0.1) is 0 Å². The summed E-state index contributed by atoms with van der Waals surface area (Å²) in [7, 11) is 2.12. The molecule has 0 saturated carbocycles. The van der Waals surface area contributed by atoms with Crippen LogP contribution in [0.15, 0.2) is 64.4 Å². The van der Waals surface area contributed by atoms with Crippen molar-refractivity contribution in [2.45, 2.75) is 129 Å². The van der Waals surface area contributed by atoms with Crippen molar-refractivity contribution in [3.05, 3.63) is 86.7 Å². The minimum atomic E-state index is -1.42. The molecule has 0 radical (unpaired) electrons. The number of rotatable bonds is 12. The van der Waals surface area contributed by atoms with E-state index in [-0.39, 0.29) is 34.8 Å². The number of benzene rings is 2. The Hall–Kier alpha value is -4.00. The average Bonchev–Trinajstić information content (AvgIpc) is 3.79. The van der Waals surface area contributed by atoms with Crippen LogP contribution >= 0.6 is 15.9 Å². The molecule has 10 nitrogen and oxygen atoms in total. The molecular formula is C44H62BBrN4O6. The van der Waals surface area contributed by atoms with Crippen LogP contribution in [-0.4, -0.2) is 57.2 Å². The highest BCUT2D eigenvalue weighted by molar-refractivity contribution is 9.10. The van der Waals surface area contributed by atoms with Crippen molar-refractivity contribution in [1.82, 2.24) is 19.6 Å².